The van der Waals surface area contributed by atoms with Gasteiger partial charge in [0, 0.05) is 18.5 Å². The summed E-state index contributed by atoms with van der Waals surface area (Å²) in [5, 5.41) is 0.515. The highest BCUT2D eigenvalue weighted by Gasteiger charge is 2.31. The number of nitrogens with two attached hydrogens (primary N) is 1. The molecular weight excluding hydrogens is 447 g/mol. The van der Waals surface area contributed by atoms with Crippen molar-refractivity contribution in [2.45, 2.75) is 19.1 Å². The number of hydrogen-bond donors (Lipinski definition) is 1. The second kappa shape index (κ2) is 9.80. The van der Waals surface area contributed by atoms with Crippen LogP contribution in [0.1, 0.15) is 17.5 Å². The van der Waals surface area contributed by atoms with E-state index >= 15 is 0 Å². The van der Waals surface area contributed by atoms with E-state index in [1.807, 2.05) is 53.4 Å². The normalized spacial score (nSPS) is 11.7. The highest BCUT2D eigenvalue weighted by Crippen LogP contribution is 2.36. The van der Waals surface area contributed by atoms with E-state index in [-0.39, 0.29) is 0 Å². The summed E-state index contributed by atoms with van der Waals surface area (Å²) in [7, 11) is 1.63. The number of benzene rings is 3. The topological polar surface area (TPSA) is 51.4 Å². The molecule has 0 aliphatic heterocycles. The van der Waals surface area contributed by atoms with Crippen LogP contribution in [0.4, 0.5) is 19.0 Å². The summed E-state index contributed by atoms with van der Waals surface area (Å²) in [4.78, 5) is 2.01. The van der Waals surface area contributed by atoms with Gasteiger partial charge in [0.25, 0.3) is 0 Å². The maximum Gasteiger partial charge on any atom is 0.416 e. The van der Waals surface area contributed by atoms with Crippen LogP contribution in [0.2, 0.25) is 0 Å². The fraction of sp³-hybridized carbons (Fsp3) is 0.240. The van der Waals surface area contributed by atoms with Crippen molar-refractivity contribution in [2.24, 2.45) is 5.73 Å². The molecule has 4 nitrogen and oxygen atoms in total. The number of alkyl halides is 3. The highest BCUT2D eigenvalue weighted by molar-refractivity contribution is 7.13. The van der Waals surface area contributed by atoms with Crippen molar-refractivity contribution in [3.05, 3.63) is 77.9 Å². The van der Waals surface area contributed by atoms with Crippen LogP contribution in [0.3, 0.4) is 0 Å². The largest absolute Gasteiger partial charge is 0.497 e. The Morgan fingerprint density at radius 1 is 0.970 bits per heavy atom. The Hall–Kier alpha value is -3.10. The summed E-state index contributed by atoms with van der Waals surface area (Å²) in [6.07, 6.45) is -3.69. The maximum atomic E-state index is 13.3. The summed E-state index contributed by atoms with van der Waals surface area (Å²) in [6.45, 7) is 1.62. The van der Waals surface area contributed by atoms with Gasteiger partial charge in [-0.2, -0.15) is 17.5 Å². The molecule has 4 rings (SSSR count). The first-order valence-corrected chi connectivity index (χ1v) is 11.3. The molecule has 0 unspecified atom stereocenters. The van der Waals surface area contributed by atoms with Gasteiger partial charge < -0.3 is 15.4 Å². The molecule has 0 amide bonds. The fourth-order valence-electron chi connectivity index (χ4n) is 3.68. The molecule has 0 fully saturated rings. The van der Waals surface area contributed by atoms with Crippen LogP contribution < -0.4 is 15.4 Å². The highest BCUT2D eigenvalue weighted by atomic mass is 32.1. The molecule has 1 heterocycles. The van der Waals surface area contributed by atoms with Gasteiger partial charge in [0.2, 0.25) is 0 Å². The molecule has 3 aromatic carbocycles. The van der Waals surface area contributed by atoms with E-state index in [0.29, 0.717) is 37.3 Å². The average Bonchev–Trinajstić information content (AvgIpc) is 3.25. The molecule has 4 aromatic rings. The molecule has 172 valence electrons. The molecule has 0 bridgehead atoms. The SMILES string of the molecule is COc1ccc(-c2ccc(CN(CCCN)c3nsc4ccc(C(F)(F)F)cc34)cc2)cc1. The molecule has 0 radical (unpaired) electrons. The lowest BCUT2D eigenvalue weighted by Gasteiger charge is -2.23. The van der Waals surface area contributed by atoms with Gasteiger partial charge in [-0.3, -0.25) is 0 Å². The van der Waals surface area contributed by atoms with Crippen molar-refractivity contribution >= 4 is 27.4 Å². The second-order valence-electron chi connectivity index (χ2n) is 7.70. The number of anilines is 1. The minimum absolute atomic E-state index is 0.489. The molecule has 8 heteroatoms. The molecular formula is C25H24F3N3OS. The Morgan fingerprint density at radius 2 is 1.64 bits per heavy atom. The van der Waals surface area contributed by atoms with E-state index in [0.717, 1.165) is 33.2 Å². The fourth-order valence-corrected chi connectivity index (χ4v) is 4.45. The third kappa shape index (κ3) is 5.29. The first-order valence-electron chi connectivity index (χ1n) is 10.5. The van der Waals surface area contributed by atoms with Gasteiger partial charge in [0.05, 0.1) is 17.4 Å². The van der Waals surface area contributed by atoms with Gasteiger partial charge in [-0.15, -0.1) is 0 Å². The molecule has 0 atom stereocenters. The number of rotatable bonds is 8. The predicted octanol–water partition coefficient (Wildman–Crippen LogP) is 6.35. The molecule has 33 heavy (non-hydrogen) atoms. The van der Waals surface area contributed by atoms with Gasteiger partial charge in [0.15, 0.2) is 0 Å². The van der Waals surface area contributed by atoms with Crippen LogP contribution in [0, 0.1) is 0 Å². The van der Waals surface area contributed by atoms with Crippen molar-refractivity contribution in [3.8, 4) is 16.9 Å². The maximum absolute atomic E-state index is 13.3. The smallest absolute Gasteiger partial charge is 0.416 e. The Bertz CT molecular complexity index is 1200. The summed E-state index contributed by atoms with van der Waals surface area (Å²) < 4.78 is 50.2. The van der Waals surface area contributed by atoms with Gasteiger partial charge in [-0.05, 0) is 71.5 Å². The number of fused-ring (bicyclic) bond motifs is 1. The van der Waals surface area contributed by atoms with Gasteiger partial charge in [-0.25, -0.2) is 0 Å². The van der Waals surface area contributed by atoms with E-state index < -0.39 is 11.7 Å². The number of nitrogens with zero attached hydrogens (tertiary/aromatic N) is 2. The quantitative estimate of drug-likeness (QED) is 0.326. The minimum atomic E-state index is -4.40. The van der Waals surface area contributed by atoms with Crippen molar-refractivity contribution < 1.29 is 17.9 Å². The number of aromatic nitrogens is 1. The monoisotopic (exact) mass is 471 g/mol. The van der Waals surface area contributed by atoms with Gasteiger partial charge >= 0.3 is 6.18 Å². The van der Waals surface area contributed by atoms with E-state index in [4.69, 9.17) is 10.5 Å². The molecule has 2 N–H and O–H groups in total. The zero-order valence-electron chi connectivity index (χ0n) is 18.1. The van der Waals surface area contributed by atoms with E-state index in [1.165, 1.54) is 23.7 Å². The van der Waals surface area contributed by atoms with Gasteiger partial charge in [0.1, 0.15) is 11.6 Å². The van der Waals surface area contributed by atoms with Crippen LogP contribution in [-0.4, -0.2) is 24.6 Å². The van der Waals surface area contributed by atoms with Crippen LogP contribution in [-0.2, 0) is 12.7 Å². The summed E-state index contributed by atoms with van der Waals surface area (Å²) in [5.74, 6) is 1.36. The molecule has 1 aromatic heterocycles. The van der Waals surface area contributed by atoms with Crippen molar-refractivity contribution in [2.75, 3.05) is 25.1 Å². The van der Waals surface area contributed by atoms with E-state index in [9.17, 15) is 13.2 Å². The second-order valence-corrected chi connectivity index (χ2v) is 8.51. The van der Waals surface area contributed by atoms with E-state index in [2.05, 4.69) is 4.37 Å². The average molecular weight is 472 g/mol. The van der Waals surface area contributed by atoms with Crippen LogP contribution in [0.25, 0.3) is 21.2 Å². The molecule has 0 saturated carbocycles. The Kier molecular flexibility index (Phi) is 6.85. The number of ether oxygens (including phenoxy) is 1. The Labute approximate surface area is 194 Å². The van der Waals surface area contributed by atoms with Crippen molar-refractivity contribution in [3.63, 3.8) is 0 Å². The third-order valence-corrected chi connectivity index (χ3v) is 6.28. The molecule has 0 spiro atoms. The standard InChI is InChI=1S/C25H24F3N3OS/c1-32-21-10-7-19(8-11-21)18-5-3-17(4-6-18)16-31(14-2-13-29)24-22-15-20(25(26,27)28)9-12-23(22)33-30-24/h3-12,15H,2,13-14,16,29H2,1H3. The first-order chi connectivity index (χ1) is 15.9. The Balaban J connectivity index is 1.60. The van der Waals surface area contributed by atoms with Crippen molar-refractivity contribution in [1.29, 1.82) is 0 Å². The lowest BCUT2D eigenvalue weighted by atomic mass is 10.0. The van der Waals surface area contributed by atoms with Crippen LogP contribution in [0.15, 0.2) is 66.7 Å². The minimum Gasteiger partial charge on any atom is -0.497 e. The zero-order chi connectivity index (χ0) is 23.4. The van der Waals surface area contributed by atoms with Crippen LogP contribution in [0.5, 0.6) is 5.75 Å². The summed E-state index contributed by atoms with van der Waals surface area (Å²) in [5.41, 5.74) is 8.24. The van der Waals surface area contributed by atoms with Gasteiger partial charge in [-0.1, -0.05) is 36.4 Å². The summed E-state index contributed by atoms with van der Waals surface area (Å²) in [6, 6.07) is 19.8. The number of hydrogen-bond acceptors (Lipinski definition) is 5. The molecule has 0 aliphatic rings. The number of halogens is 3. The molecule has 0 saturated heterocycles. The third-order valence-electron chi connectivity index (χ3n) is 5.46. The number of methoxy groups -OCH3 is 1. The Morgan fingerprint density at radius 3 is 2.24 bits per heavy atom. The van der Waals surface area contributed by atoms with Crippen molar-refractivity contribution in [1.82, 2.24) is 4.37 Å². The summed E-state index contributed by atoms with van der Waals surface area (Å²) >= 11 is 1.21. The lowest BCUT2D eigenvalue weighted by Crippen LogP contribution is -2.26. The zero-order valence-corrected chi connectivity index (χ0v) is 18.9. The lowest BCUT2D eigenvalue weighted by molar-refractivity contribution is -0.137. The first kappa shape index (κ1) is 23.1. The predicted molar refractivity (Wildman–Crippen MR) is 128 cm³/mol. The molecule has 0 aliphatic carbocycles. The van der Waals surface area contributed by atoms with Crippen LogP contribution >= 0.6 is 11.5 Å². The van der Waals surface area contributed by atoms with E-state index in [1.54, 1.807) is 7.11 Å².